The third kappa shape index (κ3) is 5.29. The first kappa shape index (κ1) is 22.1. The van der Waals surface area contributed by atoms with E-state index < -0.39 is 0 Å². The van der Waals surface area contributed by atoms with Gasteiger partial charge in [0, 0.05) is 5.92 Å². The highest BCUT2D eigenvalue weighted by atomic mass is 32.2. The summed E-state index contributed by atoms with van der Waals surface area (Å²) < 4.78 is 10.2. The molecule has 33 heavy (non-hydrogen) atoms. The minimum Gasteiger partial charge on any atom is -0.424 e. The molecular weight excluding hydrogens is 472 g/mol. The molecule has 3 aromatic heterocycles. The molecule has 0 atom stereocenters. The van der Waals surface area contributed by atoms with Crippen LogP contribution >= 0.6 is 34.9 Å². The summed E-state index contributed by atoms with van der Waals surface area (Å²) in [7, 11) is 0. The maximum atomic E-state index is 5.75. The second kappa shape index (κ2) is 10.1. The summed E-state index contributed by atoms with van der Waals surface area (Å²) >= 11 is 4.96. The molecule has 2 aromatic carbocycles. The van der Waals surface area contributed by atoms with Gasteiger partial charge in [-0.3, -0.25) is 0 Å². The lowest BCUT2D eigenvalue weighted by Gasteiger charge is -2.09. The quantitative estimate of drug-likeness (QED) is 0.230. The minimum atomic E-state index is 0.212. The Hall–Kier alpha value is -2.69. The lowest BCUT2D eigenvalue weighted by Crippen LogP contribution is -2.06. The van der Waals surface area contributed by atoms with E-state index >= 15 is 0 Å². The molecule has 0 spiro atoms. The molecule has 7 nitrogen and oxygen atoms in total. The molecule has 10 heteroatoms. The van der Waals surface area contributed by atoms with Gasteiger partial charge in [-0.2, -0.15) is 0 Å². The lowest BCUT2D eigenvalue weighted by atomic mass is 10.2. The Kier molecular flexibility index (Phi) is 6.75. The molecule has 5 aromatic rings. The topological polar surface area (TPSA) is 82.5 Å². The van der Waals surface area contributed by atoms with Gasteiger partial charge in [-0.05, 0) is 17.7 Å². The van der Waals surface area contributed by atoms with Crippen LogP contribution in [-0.4, -0.2) is 29.9 Å². The van der Waals surface area contributed by atoms with Gasteiger partial charge < -0.3 is 8.98 Å². The molecule has 0 aliphatic heterocycles. The van der Waals surface area contributed by atoms with Gasteiger partial charge >= 0.3 is 0 Å². The number of rotatable bonds is 9. The number of fused-ring (bicyclic) bond motifs is 1. The number of para-hydroxylation sites is 1. The molecule has 0 aliphatic rings. The van der Waals surface area contributed by atoms with Crippen molar-refractivity contribution >= 4 is 45.1 Å². The average molecular weight is 495 g/mol. The standard InChI is InChI=1S/C23H22N6OS3/c1-15(2)21-27-26-20(30-21)14-31-22-28-25-19(29(22)12-16-8-4-3-5-9-16)13-32-23-24-17-10-6-7-11-18(17)33-23/h3-11,15H,12-14H2,1-2H3. The third-order valence-electron chi connectivity index (χ3n) is 4.88. The van der Waals surface area contributed by atoms with Crippen molar-refractivity contribution in [1.29, 1.82) is 0 Å². The maximum Gasteiger partial charge on any atom is 0.226 e. The Balaban J connectivity index is 1.35. The van der Waals surface area contributed by atoms with Crippen molar-refractivity contribution in [3.05, 3.63) is 77.8 Å². The summed E-state index contributed by atoms with van der Waals surface area (Å²) in [5, 5.41) is 18.1. The molecule has 5 rings (SSSR count). The summed E-state index contributed by atoms with van der Waals surface area (Å²) in [5.74, 6) is 3.63. The second-order valence-corrected chi connectivity index (χ2v) is 10.9. The Morgan fingerprint density at radius 1 is 0.909 bits per heavy atom. The molecule has 0 radical (unpaired) electrons. The number of aromatic nitrogens is 6. The fourth-order valence-corrected chi connectivity index (χ4v) is 5.98. The van der Waals surface area contributed by atoms with E-state index in [-0.39, 0.29) is 5.92 Å². The van der Waals surface area contributed by atoms with E-state index in [1.54, 1.807) is 34.9 Å². The van der Waals surface area contributed by atoms with Gasteiger partial charge in [0.1, 0.15) is 5.82 Å². The van der Waals surface area contributed by atoms with Gasteiger partial charge in [0.05, 0.1) is 28.3 Å². The van der Waals surface area contributed by atoms with E-state index in [1.165, 1.54) is 10.3 Å². The maximum absolute atomic E-state index is 5.75. The predicted octanol–water partition coefficient (Wildman–Crippen LogP) is 6.03. The van der Waals surface area contributed by atoms with Crippen LogP contribution in [0.3, 0.4) is 0 Å². The molecule has 0 bridgehead atoms. The van der Waals surface area contributed by atoms with Gasteiger partial charge in [0.25, 0.3) is 0 Å². The van der Waals surface area contributed by atoms with Crippen LogP contribution in [0.25, 0.3) is 10.2 Å². The fourth-order valence-electron chi connectivity index (χ4n) is 3.18. The first-order chi connectivity index (χ1) is 16.2. The zero-order valence-corrected chi connectivity index (χ0v) is 20.7. The highest BCUT2D eigenvalue weighted by Gasteiger charge is 2.17. The van der Waals surface area contributed by atoms with Crippen molar-refractivity contribution in [3.8, 4) is 0 Å². The zero-order valence-electron chi connectivity index (χ0n) is 18.2. The van der Waals surface area contributed by atoms with Gasteiger partial charge in [0.2, 0.25) is 11.8 Å². The highest BCUT2D eigenvalue weighted by molar-refractivity contribution is 8.00. The SMILES string of the molecule is CC(C)c1nnc(CSc2nnc(CSc3nc4ccccc4s3)n2Cc2ccccc2)o1. The van der Waals surface area contributed by atoms with Gasteiger partial charge in [0.15, 0.2) is 9.50 Å². The molecule has 0 N–H and O–H groups in total. The van der Waals surface area contributed by atoms with Crippen LogP contribution in [0, 0.1) is 0 Å². The van der Waals surface area contributed by atoms with E-state index in [2.05, 4.69) is 43.2 Å². The number of hydrogen-bond acceptors (Lipinski definition) is 9. The molecule has 0 unspecified atom stereocenters. The van der Waals surface area contributed by atoms with Crippen LogP contribution in [0.4, 0.5) is 0 Å². The molecule has 0 amide bonds. The van der Waals surface area contributed by atoms with Crippen LogP contribution in [-0.2, 0) is 18.1 Å². The van der Waals surface area contributed by atoms with E-state index in [0.29, 0.717) is 29.8 Å². The second-order valence-electron chi connectivity index (χ2n) is 7.68. The fraction of sp³-hybridized carbons (Fsp3) is 0.261. The summed E-state index contributed by atoms with van der Waals surface area (Å²) in [6.07, 6.45) is 0. The van der Waals surface area contributed by atoms with Crippen LogP contribution < -0.4 is 0 Å². The van der Waals surface area contributed by atoms with Gasteiger partial charge in [-0.1, -0.05) is 79.8 Å². The molecule has 0 saturated carbocycles. The average Bonchev–Trinajstić information content (AvgIpc) is 3.55. The van der Waals surface area contributed by atoms with Crippen molar-refractivity contribution in [2.45, 2.75) is 47.3 Å². The number of thioether (sulfide) groups is 2. The highest BCUT2D eigenvalue weighted by Crippen LogP contribution is 2.32. The Bertz CT molecular complexity index is 1310. The zero-order chi connectivity index (χ0) is 22.6. The van der Waals surface area contributed by atoms with Crippen molar-refractivity contribution in [3.63, 3.8) is 0 Å². The summed E-state index contributed by atoms with van der Waals surface area (Å²) in [4.78, 5) is 4.73. The molecule has 3 heterocycles. The Labute approximate surface area is 204 Å². The van der Waals surface area contributed by atoms with Crippen molar-refractivity contribution in [2.24, 2.45) is 0 Å². The van der Waals surface area contributed by atoms with Crippen LogP contribution in [0.15, 0.2) is 68.5 Å². The van der Waals surface area contributed by atoms with E-state index in [9.17, 15) is 0 Å². The first-order valence-corrected chi connectivity index (χ1v) is 13.3. The lowest BCUT2D eigenvalue weighted by molar-refractivity contribution is 0.445. The van der Waals surface area contributed by atoms with Crippen molar-refractivity contribution in [2.75, 3.05) is 0 Å². The molecule has 168 valence electrons. The number of nitrogens with zero attached hydrogens (tertiary/aromatic N) is 6. The molecular formula is C23H22N6OS3. The van der Waals surface area contributed by atoms with E-state index in [0.717, 1.165) is 20.8 Å². The molecule has 0 fully saturated rings. The van der Waals surface area contributed by atoms with Gasteiger partial charge in [-0.15, -0.1) is 31.7 Å². The molecule has 0 saturated heterocycles. The first-order valence-electron chi connectivity index (χ1n) is 10.5. The van der Waals surface area contributed by atoms with Gasteiger partial charge in [-0.25, -0.2) is 4.98 Å². The Morgan fingerprint density at radius 2 is 1.73 bits per heavy atom. The summed E-state index contributed by atoms with van der Waals surface area (Å²) in [6, 6.07) is 18.6. The van der Waals surface area contributed by atoms with E-state index in [1.807, 2.05) is 50.2 Å². The monoisotopic (exact) mass is 494 g/mol. The number of hydrogen-bond donors (Lipinski definition) is 0. The van der Waals surface area contributed by atoms with Crippen LogP contribution in [0.5, 0.6) is 0 Å². The number of thiazole rings is 1. The Morgan fingerprint density at radius 3 is 2.52 bits per heavy atom. The largest absolute Gasteiger partial charge is 0.424 e. The third-order valence-corrected chi connectivity index (χ3v) is 8.00. The number of benzene rings is 2. The van der Waals surface area contributed by atoms with E-state index in [4.69, 9.17) is 9.40 Å². The normalized spacial score (nSPS) is 11.6. The summed E-state index contributed by atoms with van der Waals surface area (Å²) in [5.41, 5.74) is 2.23. The van der Waals surface area contributed by atoms with Crippen LogP contribution in [0.1, 0.15) is 42.9 Å². The minimum absolute atomic E-state index is 0.212. The van der Waals surface area contributed by atoms with Crippen LogP contribution in [0.2, 0.25) is 0 Å². The molecule has 0 aliphatic carbocycles. The summed E-state index contributed by atoms with van der Waals surface area (Å²) in [6.45, 7) is 4.78. The smallest absolute Gasteiger partial charge is 0.226 e. The van der Waals surface area contributed by atoms with Crippen molar-refractivity contribution in [1.82, 2.24) is 29.9 Å². The predicted molar refractivity (Wildman–Crippen MR) is 133 cm³/mol. The van der Waals surface area contributed by atoms with Crippen molar-refractivity contribution < 1.29 is 4.42 Å².